The summed E-state index contributed by atoms with van der Waals surface area (Å²) in [5.74, 6) is 0.204. The minimum atomic E-state index is -0.740. The molecule has 0 saturated heterocycles. The third-order valence-corrected chi connectivity index (χ3v) is 3.66. The monoisotopic (exact) mass is 348 g/mol. The molecule has 0 spiro atoms. The van der Waals surface area contributed by atoms with Gasteiger partial charge < -0.3 is 9.64 Å². The average Bonchev–Trinajstić information content (AvgIpc) is 2.54. The Hall–Kier alpha value is -2.60. The summed E-state index contributed by atoms with van der Waals surface area (Å²) in [5.41, 5.74) is 0.453. The lowest BCUT2D eigenvalue weighted by molar-refractivity contribution is -0.385. The number of rotatable bonds is 6. The SMILES string of the molecule is CC(Oc1cccc(Cl)c1)C(=O)N(C)Cc1ccccc1[N+](=O)[O-]. The Morgan fingerprint density at radius 1 is 1.29 bits per heavy atom. The molecule has 0 aliphatic rings. The summed E-state index contributed by atoms with van der Waals surface area (Å²) in [7, 11) is 1.58. The topological polar surface area (TPSA) is 72.7 Å². The molecule has 0 aromatic heterocycles. The second-order valence-corrected chi connectivity index (χ2v) is 5.73. The second-order valence-electron chi connectivity index (χ2n) is 5.30. The number of halogens is 1. The Bertz CT molecular complexity index is 751. The van der Waals surface area contributed by atoms with Crippen LogP contribution in [-0.4, -0.2) is 28.9 Å². The van der Waals surface area contributed by atoms with Crippen LogP contribution >= 0.6 is 11.6 Å². The van der Waals surface area contributed by atoms with Crippen LogP contribution in [0.4, 0.5) is 5.69 Å². The molecule has 1 amide bonds. The normalized spacial score (nSPS) is 11.6. The van der Waals surface area contributed by atoms with Gasteiger partial charge >= 0.3 is 0 Å². The summed E-state index contributed by atoms with van der Waals surface area (Å²) in [6.45, 7) is 1.75. The third kappa shape index (κ3) is 4.45. The molecule has 0 heterocycles. The summed E-state index contributed by atoms with van der Waals surface area (Å²) < 4.78 is 5.58. The molecular formula is C17H17ClN2O4. The number of para-hydroxylation sites is 1. The molecule has 0 aliphatic carbocycles. The minimum Gasteiger partial charge on any atom is -0.481 e. The van der Waals surface area contributed by atoms with Crippen molar-refractivity contribution in [2.24, 2.45) is 0 Å². The van der Waals surface area contributed by atoms with Crippen LogP contribution in [0.25, 0.3) is 0 Å². The van der Waals surface area contributed by atoms with Gasteiger partial charge in [0.15, 0.2) is 6.10 Å². The van der Waals surface area contributed by atoms with Crippen LogP contribution in [0.1, 0.15) is 12.5 Å². The number of likely N-dealkylation sites (N-methyl/N-ethyl adjacent to an activating group) is 1. The third-order valence-electron chi connectivity index (χ3n) is 3.43. The van der Waals surface area contributed by atoms with E-state index < -0.39 is 11.0 Å². The van der Waals surface area contributed by atoms with E-state index in [-0.39, 0.29) is 18.1 Å². The zero-order valence-corrected chi connectivity index (χ0v) is 14.1. The van der Waals surface area contributed by atoms with Gasteiger partial charge in [0.1, 0.15) is 5.75 Å². The van der Waals surface area contributed by atoms with Crippen LogP contribution in [-0.2, 0) is 11.3 Å². The van der Waals surface area contributed by atoms with Crippen LogP contribution in [0.2, 0.25) is 5.02 Å². The standard InChI is InChI=1S/C17H17ClN2O4/c1-12(24-15-8-5-7-14(18)10-15)17(21)19(2)11-13-6-3-4-9-16(13)20(22)23/h3-10,12H,11H2,1-2H3. The van der Waals surface area contributed by atoms with Crippen molar-refractivity contribution in [3.63, 3.8) is 0 Å². The molecular weight excluding hydrogens is 332 g/mol. The van der Waals surface area contributed by atoms with Crippen LogP contribution < -0.4 is 4.74 Å². The first-order valence-corrected chi connectivity index (χ1v) is 7.65. The van der Waals surface area contributed by atoms with Gasteiger partial charge in [-0.05, 0) is 25.1 Å². The number of benzene rings is 2. The predicted molar refractivity (Wildman–Crippen MR) is 91.1 cm³/mol. The van der Waals surface area contributed by atoms with Crippen molar-refractivity contribution in [2.75, 3.05) is 7.05 Å². The van der Waals surface area contributed by atoms with Gasteiger partial charge in [0.2, 0.25) is 0 Å². The van der Waals surface area contributed by atoms with E-state index in [1.54, 1.807) is 56.4 Å². The van der Waals surface area contributed by atoms with E-state index in [1.807, 2.05) is 0 Å². The first kappa shape index (κ1) is 17.7. The molecule has 6 nitrogen and oxygen atoms in total. The Morgan fingerprint density at radius 2 is 2.00 bits per heavy atom. The van der Waals surface area contributed by atoms with Gasteiger partial charge in [-0.3, -0.25) is 14.9 Å². The number of nitro benzene ring substituents is 1. The molecule has 2 aromatic rings. The van der Waals surface area contributed by atoms with E-state index in [2.05, 4.69) is 0 Å². The van der Waals surface area contributed by atoms with Gasteiger partial charge in [-0.1, -0.05) is 35.9 Å². The quantitative estimate of drug-likeness (QED) is 0.589. The fourth-order valence-corrected chi connectivity index (χ4v) is 2.44. The van der Waals surface area contributed by atoms with Crippen molar-refractivity contribution in [3.8, 4) is 5.75 Å². The average molecular weight is 349 g/mol. The summed E-state index contributed by atoms with van der Waals surface area (Å²) in [6.07, 6.45) is -0.740. The van der Waals surface area contributed by atoms with E-state index in [0.29, 0.717) is 16.3 Å². The fourth-order valence-electron chi connectivity index (χ4n) is 2.26. The summed E-state index contributed by atoms with van der Waals surface area (Å²) in [5, 5.41) is 11.6. The molecule has 0 N–H and O–H groups in total. The van der Waals surface area contributed by atoms with Crippen molar-refractivity contribution < 1.29 is 14.5 Å². The predicted octanol–water partition coefficient (Wildman–Crippen LogP) is 3.67. The Kier molecular flexibility index (Phi) is 5.76. The highest BCUT2D eigenvalue weighted by Gasteiger charge is 2.22. The molecule has 2 aromatic carbocycles. The Balaban J connectivity index is 2.05. The molecule has 7 heteroatoms. The number of ether oxygens (including phenoxy) is 1. The molecule has 2 rings (SSSR count). The maximum atomic E-state index is 12.4. The van der Waals surface area contributed by atoms with Gasteiger partial charge in [0.05, 0.1) is 11.5 Å². The maximum Gasteiger partial charge on any atom is 0.274 e. The van der Waals surface area contributed by atoms with E-state index in [1.165, 1.54) is 11.0 Å². The first-order chi connectivity index (χ1) is 11.4. The summed E-state index contributed by atoms with van der Waals surface area (Å²) in [4.78, 5) is 24.4. The molecule has 0 radical (unpaired) electrons. The van der Waals surface area contributed by atoms with Crippen LogP contribution in [0.5, 0.6) is 5.75 Å². The highest BCUT2D eigenvalue weighted by atomic mass is 35.5. The summed E-state index contributed by atoms with van der Waals surface area (Å²) >= 11 is 5.89. The first-order valence-electron chi connectivity index (χ1n) is 7.28. The lowest BCUT2D eigenvalue weighted by atomic mass is 10.1. The van der Waals surface area contributed by atoms with Crippen molar-refractivity contribution >= 4 is 23.2 Å². The number of amides is 1. The molecule has 0 fully saturated rings. The highest BCUT2D eigenvalue weighted by molar-refractivity contribution is 6.30. The van der Waals surface area contributed by atoms with Gasteiger partial charge in [0, 0.05) is 23.7 Å². The summed E-state index contributed by atoms with van der Waals surface area (Å²) in [6, 6.07) is 13.1. The van der Waals surface area contributed by atoms with Crippen LogP contribution in [0.15, 0.2) is 48.5 Å². The number of nitro groups is 1. The van der Waals surface area contributed by atoms with Crippen molar-refractivity contribution in [2.45, 2.75) is 19.6 Å². The number of nitrogens with zero attached hydrogens (tertiary/aromatic N) is 2. The number of hydrogen-bond donors (Lipinski definition) is 0. The minimum absolute atomic E-state index is 0.0134. The molecule has 0 bridgehead atoms. The van der Waals surface area contributed by atoms with Crippen LogP contribution in [0, 0.1) is 10.1 Å². The Morgan fingerprint density at radius 3 is 2.67 bits per heavy atom. The van der Waals surface area contributed by atoms with E-state index in [0.717, 1.165) is 0 Å². The molecule has 0 aliphatic heterocycles. The molecule has 24 heavy (non-hydrogen) atoms. The zero-order valence-electron chi connectivity index (χ0n) is 13.3. The lowest BCUT2D eigenvalue weighted by Crippen LogP contribution is -2.37. The largest absolute Gasteiger partial charge is 0.481 e. The Labute approximate surface area is 144 Å². The zero-order chi connectivity index (χ0) is 17.7. The van der Waals surface area contributed by atoms with Gasteiger partial charge in [0.25, 0.3) is 11.6 Å². The van der Waals surface area contributed by atoms with Gasteiger partial charge in [-0.15, -0.1) is 0 Å². The van der Waals surface area contributed by atoms with Gasteiger partial charge in [-0.25, -0.2) is 0 Å². The number of carbonyl (C=O) groups excluding carboxylic acids is 1. The van der Waals surface area contributed by atoms with E-state index in [9.17, 15) is 14.9 Å². The van der Waals surface area contributed by atoms with Crippen LogP contribution in [0.3, 0.4) is 0 Å². The fraction of sp³-hybridized carbons (Fsp3) is 0.235. The molecule has 126 valence electrons. The number of carbonyl (C=O) groups is 1. The second kappa shape index (κ2) is 7.79. The highest BCUT2D eigenvalue weighted by Crippen LogP contribution is 2.21. The van der Waals surface area contributed by atoms with Crippen molar-refractivity contribution in [1.82, 2.24) is 4.90 Å². The molecule has 0 saturated carbocycles. The molecule has 1 atom stereocenters. The van der Waals surface area contributed by atoms with Gasteiger partial charge in [-0.2, -0.15) is 0 Å². The lowest BCUT2D eigenvalue weighted by Gasteiger charge is -2.22. The smallest absolute Gasteiger partial charge is 0.274 e. The van der Waals surface area contributed by atoms with Crippen molar-refractivity contribution in [1.29, 1.82) is 0 Å². The number of hydrogen-bond acceptors (Lipinski definition) is 4. The van der Waals surface area contributed by atoms with E-state index in [4.69, 9.17) is 16.3 Å². The van der Waals surface area contributed by atoms with E-state index >= 15 is 0 Å². The maximum absolute atomic E-state index is 12.4. The molecule has 1 unspecified atom stereocenters. The van der Waals surface area contributed by atoms with Crippen molar-refractivity contribution in [3.05, 3.63) is 69.2 Å².